The number of hydrogen-bond donors (Lipinski definition) is 2. The SMILES string of the molecule is CCOc1ccc2[nH]c(C)c(C[NH+](CC)CC)c(=O)c2c1. The molecule has 2 N–H and O–H groups in total. The molecule has 4 heteroatoms. The summed E-state index contributed by atoms with van der Waals surface area (Å²) >= 11 is 0. The minimum absolute atomic E-state index is 0.127. The average molecular weight is 289 g/mol. The lowest BCUT2D eigenvalue weighted by atomic mass is 10.1. The van der Waals surface area contributed by atoms with E-state index in [2.05, 4.69) is 18.8 Å². The lowest BCUT2D eigenvalue weighted by Gasteiger charge is -2.17. The van der Waals surface area contributed by atoms with Gasteiger partial charge < -0.3 is 14.6 Å². The molecule has 0 aliphatic heterocycles. The van der Waals surface area contributed by atoms with Crippen molar-refractivity contribution in [2.75, 3.05) is 19.7 Å². The molecule has 2 rings (SSSR count). The van der Waals surface area contributed by atoms with Crippen LogP contribution in [0.2, 0.25) is 0 Å². The first kappa shape index (κ1) is 15.6. The molecule has 0 aliphatic carbocycles. The molecule has 0 spiro atoms. The van der Waals surface area contributed by atoms with Crippen molar-refractivity contribution in [2.45, 2.75) is 34.2 Å². The van der Waals surface area contributed by atoms with Crippen molar-refractivity contribution in [1.82, 2.24) is 4.98 Å². The third-order valence-electron chi connectivity index (χ3n) is 4.02. The lowest BCUT2D eigenvalue weighted by molar-refractivity contribution is -0.910. The second-order valence-electron chi connectivity index (χ2n) is 5.33. The summed E-state index contributed by atoms with van der Waals surface area (Å²) in [4.78, 5) is 17.5. The predicted molar refractivity (Wildman–Crippen MR) is 86.2 cm³/mol. The Hall–Kier alpha value is -1.81. The van der Waals surface area contributed by atoms with Gasteiger partial charge >= 0.3 is 0 Å². The molecule has 0 aliphatic rings. The Morgan fingerprint density at radius 3 is 2.52 bits per heavy atom. The van der Waals surface area contributed by atoms with Gasteiger partial charge in [0.05, 0.1) is 25.3 Å². The molecule has 0 radical (unpaired) electrons. The van der Waals surface area contributed by atoms with Crippen LogP contribution in [0.4, 0.5) is 0 Å². The van der Waals surface area contributed by atoms with Crippen molar-refractivity contribution < 1.29 is 9.64 Å². The minimum atomic E-state index is 0.127. The summed E-state index contributed by atoms with van der Waals surface area (Å²) in [7, 11) is 0. The highest BCUT2D eigenvalue weighted by atomic mass is 16.5. The number of pyridine rings is 1. The summed E-state index contributed by atoms with van der Waals surface area (Å²) in [6.45, 7) is 11.6. The highest BCUT2D eigenvalue weighted by Crippen LogP contribution is 2.18. The second kappa shape index (κ2) is 6.76. The molecule has 1 heterocycles. The van der Waals surface area contributed by atoms with Gasteiger partial charge in [0.2, 0.25) is 0 Å². The molecule has 114 valence electrons. The number of aromatic amines is 1. The molecule has 0 bridgehead atoms. The van der Waals surface area contributed by atoms with Gasteiger partial charge in [0, 0.05) is 16.6 Å². The van der Waals surface area contributed by atoms with Crippen molar-refractivity contribution in [3.05, 3.63) is 39.7 Å². The number of quaternary nitrogens is 1. The number of ether oxygens (including phenoxy) is 1. The van der Waals surface area contributed by atoms with Gasteiger partial charge in [-0.05, 0) is 45.9 Å². The van der Waals surface area contributed by atoms with Crippen molar-refractivity contribution in [3.63, 3.8) is 0 Å². The van der Waals surface area contributed by atoms with Gasteiger partial charge in [-0.3, -0.25) is 4.79 Å². The van der Waals surface area contributed by atoms with Gasteiger partial charge in [0.15, 0.2) is 5.43 Å². The van der Waals surface area contributed by atoms with Gasteiger partial charge in [-0.1, -0.05) is 0 Å². The Labute approximate surface area is 125 Å². The van der Waals surface area contributed by atoms with Crippen LogP contribution in [0.25, 0.3) is 10.9 Å². The average Bonchev–Trinajstić information content (AvgIpc) is 2.48. The van der Waals surface area contributed by atoms with Crippen LogP contribution >= 0.6 is 0 Å². The topological polar surface area (TPSA) is 46.5 Å². The van der Waals surface area contributed by atoms with Gasteiger partial charge in [-0.25, -0.2) is 0 Å². The number of hydrogen-bond acceptors (Lipinski definition) is 2. The third kappa shape index (κ3) is 3.27. The highest BCUT2D eigenvalue weighted by Gasteiger charge is 2.14. The molecule has 0 fully saturated rings. The molecule has 0 atom stereocenters. The number of nitrogens with one attached hydrogen (secondary N) is 2. The Morgan fingerprint density at radius 2 is 1.90 bits per heavy atom. The maximum Gasteiger partial charge on any atom is 0.198 e. The zero-order valence-corrected chi connectivity index (χ0v) is 13.4. The predicted octanol–water partition coefficient (Wildman–Crippen LogP) is 1.66. The first-order chi connectivity index (χ1) is 10.1. The monoisotopic (exact) mass is 289 g/mol. The molecule has 4 nitrogen and oxygen atoms in total. The van der Waals surface area contributed by atoms with E-state index in [4.69, 9.17) is 4.74 Å². The van der Waals surface area contributed by atoms with Crippen molar-refractivity contribution in [2.24, 2.45) is 0 Å². The highest BCUT2D eigenvalue weighted by molar-refractivity contribution is 5.81. The first-order valence-electron chi connectivity index (χ1n) is 7.72. The molecule has 21 heavy (non-hydrogen) atoms. The normalized spacial score (nSPS) is 11.3. The number of benzene rings is 1. The summed E-state index contributed by atoms with van der Waals surface area (Å²) < 4.78 is 5.50. The number of aromatic nitrogens is 1. The minimum Gasteiger partial charge on any atom is -0.494 e. The maximum atomic E-state index is 12.8. The summed E-state index contributed by atoms with van der Waals surface area (Å²) in [5.41, 5.74) is 2.85. The fraction of sp³-hybridized carbons (Fsp3) is 0.471. The first-order valence-corrected chi connectivity index (χ1v) is 7.72. The molecule has 2 aromatic rings. The second-order valence-corrected chi connectivity index (χ2v) is 5.33. The summed E-state index contributed by atoms with van der Waals surface area (Å²) in [5, 5.41) is 0.716. The van der Waals surface area contributed by atoms with Crippen LogP contribution < -0.4 is 15.1 Å². The van der Waals surface area contributed by atoms with Gasteiger partial charge in [-0.2, -0.15) is 0 Å². The van der Waals surface area contributed by atoms with Crippen LogP contribution in [0.1, 0.15) is 32.0 Å². The smallest absolute Gasteiger partial charge is 0.198 e. The quantitative estimate of drug-likeness (QED) is 0.849. The van der Waals surface area contributed by atoms with E-state index in [1.807, 2.05) is 32.0 Å². The zero-order chi connectivity index (χ0) is 15.4. The number of aryl methyl sites for hydroxylation is 1. The van der Waals surface area contributed by atoms with E-state index in [9.17, 15) is 4.79 Å². The van der Waals surface area contributed by atoms with Crippen LogP contribution in [0, 0.1) is 6.92 Å². The Morgan fingerprint density at radius 1 is 1.19 bits per heavy atom. The van der Waals surface area contributed by atoms with E-state index in [1.165, 1.54) is 4.90 Å². The zero-order valence-electron chi connectivity index (χ0n) is 13.4. The number of fused-ring (bicyclic) bond motifs is 1. The summed E-state index contributed by atoms with van der Waals surface area (Å²) in [6.07, 6.45) is 0. The molecule has 1 aromatic carbocycles. The van der Waals surface area contributed by atoms with E-state index >= 15 is 0 Å². The molecular weight excluding hydrogens is 264 g/mol. The summed E-state index contributed by atoms with van der Waals surface area (Å²) in [5.74, 6) is 0.750. The van der Waals surface area contributed by atoms with E-state index in [1.54, 1.807) is 0 Å². The van der Waals surface area contributed by atoms with Crippen LogP contribution in [0.15, 0.2) is 23.0 Å². The van der Waals surface area contributed by atoms with E-state index in [0.717, 1.165) is 42.2 Å². The van der Waals surface area contributed by atoms with Gasteiger partial charge in [0.1, 0.15) is 12.3 Å². The molecule has 0 saturated carbocycles. The maximum absolute atomic E-state index is 12.8. The molecule has 1 aromatic heterocycles. The van der Waals surface area contributed by atoms with Crippen molar-refractivity contribution in [3.8, 4) is 5.75 Å². The van der Waals surface area contributed by atoms with Gasteiger partial charge in [0.25, 0.3) is 0 Å². The Bertz CT molecular complexity index is 672. The molecule has 0 unspecified atom stereocenters. The molecular formula is C17H25N2O2+. The van der Waals surface area contributed by atoms with E-state index in [-0.39, 0.29) is 5.43 Å². The van der Waals surface area contributed by atoms with Crippen LogP contribution in [0.5, 0.6) is 5.75 Å². The van der Waals surface area contributed by atoms with Crippen LogP contribution in [-0.4, -0.2) is 24.7 Å². The Kier molecular flexibility index (Phi) is 5.02. The number of rotatable bonds is 6. The number of H-pyrrole nitrogens is 1. The fourth-order valence-corrected chi connectivity index (χ4v) is 2.65. The fourth-order valence-electron chi connectivity index (χ4n) is 2.65. The van der Waals surface area contributed by atoms with Crippen LogP contribution in [0.3, 0.4) is 0 Å². The summed E-state index contributed by atoms with van der Waals surface area (Å²) in [6, 6.07) is 5.66. The lowest BCUT2D eigenvalue weighted by Crippen LogP contribution is -3.10. The van der Waals surface area contributed by atoms with Crippen molar-refractivity contribution >= 4 is 10.9 Å². The largest absolute Gasteiger partial charge is 0.494 e. The van der Waals surface area contributed by atoms with Gasteiger partial charge in [-0.15, -0.1) is 0 Å². The molecule has 0 amide bonds. The third-order valence-corrected chi connectivity index (χ3v) is 4.02. The van der Waals surface area contributed by atoms with Crippen molar-refractivity contribution in [1.29, 1.82) is 0 Å². The molecule has 0 saturated heterocycles. The van der Waals surface area contributed by atoms with Crippen LogP contribution in [-0.2, 0) is 6.54 Å². The standard InChI is InChI=1S/C17H24N2O2/c1-5-19(6-2)11-15-12(4)18-16-9-8-13(21-7-3)10-14(16)17(15)20/h8-10H,5-7,11H2,1-4H3,(H,18,20)/p+1. The Balaban J connectivity index is 2.53. The van der Waals surface area contributed by atoms with E-state index in [0.29, 0.717) is 12.0 Å². The van der Waals surface area contributed by atoms with E-state index < -0.39 is 0 Å².